The summed E-state index contributed by atoms with van der Waals surface area (Å²) in [5.41, 5.74) is 1.26. The van der Waals surface area contributed by atoms with Crippen molar-refractivity contribution in [3.8, 4) is 0 Å². The van der Waals surface area contributed by atoms with Gasteiger partial charge < -0.3 is 4.52 Å². The van der Waals surface area contributed by atoms with Crippen molar-refractivity contribution in [3.63, 3.8) is 0 Å². The van der Waals surface area contributed by atoms with Gasteiger partial charge in [-0.15, -0.1) is 0 Å². The molecule has 0 unspecified atom stereocenters. The molecule has 1 saturated heterocycles. The summed E-state index contributed by atoms with van der Waals surface area (Å²) in [6.07, 6.45) is 4.28. The van der Waals surface area contributed by atoms with Gasteiger partial charge in [0.2, 0.25) is 5.89 Å². The molecule has 0 bridgehead atoms. The predicted octanol–water partition coefficient (Wildman–Crippen LogP) is 1.65. The van der Waals surface area contributed by atoms with Gasteiger partial charge >= 0.3 is 0 Å². The summed E-state index contributed by atoms with van der Waals surface area (Å²) in [6.45, 7) is 6.92. The van der Waals surface area contributed by atoms with Crippen molar-refractivity contribution in [2.45, 2.75) is 44.8 Å². The molecule has 7 nitrogen and oxygen atoms in total. The first kappa shape index (κ1) is 14.8. The fourth-order valence-corrected chi connectivity index (χ4v) is 3.24. The van der Waals surface area contributed by atoms with Gasteiger partial charge in [0.1, 0.15) is 6.04 Å². The summed E-state index contributed by atoms with van der Waals surface area (Å²) in [4.78, 5) is 9.42. The van der Waals surface area contributed by atoms with Crippen molar-refractivity contribution < 1.29 is 4.52 Å². The Morgan fingerprint density at radius 2 is 2.17 bits per heavy atom. The van der Waals surface area contributed by atoms with E-state index in [1.54, 1.807) is 0 Å². The Morgan fingerprint density at radius 3 is 2.96 bits per heavy atom. The molecule has 0 N–H and O–H groups in total. The van der Waals surface area contributed by atoms with E-state index in [0.717, 1.165) is 44.4 Å². The van der Waals surface area contributed by atoms with Crippen LogP contribution in [0.2, 0.25) is 0 Å². The van der Waals surface area contributed by atoms with Gasteiger partial charge in [-0.3, -0.25) is 14.5 Å². The van der Waals surface area contributed by atoms with Gasteiger partial charge in [-0.25, -0.2) is 0 Å². The minimum Gasteiger partial charge on any atom is -0.338 e. The van der Waals surface area contributed by atoms with E-state index in [2.05, 4.69) is 49.8 Å². The summed E-state index contributed by atoms with van der Waals surface area (Å²) in [7, 11) is 2.14. The van der Waals surface area contributed by atoms with Crippen molar-refractivity contribution in [1.82, 2.24) is 29.7 Å². The molecule has 0 radical (unpaired) electrons. The number of aryl methyl sites for hydroxylation is 1. The standard InChI is InChI=1S/C16H24N6O/c1-3-22-13(6-7-17-22)10-21-9-8-20(2)14(11-21)16-18-15(19-23-16)12-4-5-12/h6-7,12,14H,3-5,8-11H2,1-2H3/t14-/m1/s1. The van der Waals surface area contributed by atoms with Crippen LogP contribution in [0, 0.1) is 0 Å². The summed E-state index contributed by atoms with van der Waals surface area (Å²) < 4.78 is 7.62. The van der Waals surface area contributed by atoms with Crippen LogP contribution in [0.25, 0.3) is 0 Å². The summed E-state index contributed by atoms with van der Waals surface area (Å²) in [5.74, 6) is 2.20. The summed E-state index contributed by atoms with van der Waals surface area (Å²) in [5, 5.41) is 8.53. The van der Waals surface area contributed by atoms with Gasteiger partial charge in [-0.05, 0) is 32.9 Å². The molecule has 2 aromatic heterocycles. The van der Waals surface area contributed by atoms with E-state index in [1.807, 2.05) is 6.20 Å². The molecule has 1 saturated carbocycles. The number of likely N-dealkylation sites (N-methyl/N-ethyl adjacent to an activating group) is 1. The molecule has 2 aliphatic rings. The Balaban J connectivity index is 1.46. The molecule has 7 heteroatoms. The highest BCUT2D eigenvalue weighted by molar-refractivity contribution is 5.06. The van der Waals surface area contributed by atoms with Crippen molar-refractivity contribution >= 4 is 0 Å². The van der Waals surface area contributed by atoms with E-state index in [0.29, 0.717) is 5.92 Å². The monoisotopic (exact) mass is 316 g/mol. The molecule has 0 amide bonds. The Hall–Kier alpha value is -1.73. The third kappa shape index (κ3) is 3.03. The fourth-order valence-electron chi connectivity index (χ4n) is 3.24. The van der Waals surface area contributed by atoms with E-state index in [4.69, 9.17) is 4.52 Å². The number of piperazine rings is 1. The van der Waals surface area contributed by atoms with Crippen LogP contribution in [0.5, 0.6) is 0 Å². The molecule has 0 spiro atoms. The van der Waals surface area contributed by atoms with E-state index >= 15 is 0 Å². The van der Waals surface area contributed by atoms with Crippen molar-refractivity contribution in [1.29, 1.82) is 0 Å². The van der Waals surface area contributed by atoms with E-state index in [9.17, 15) is 0 Å². The molecule has 2 fully saturated rings. The number of aromatic nitrogens is 4. The maximum Gasteiger partial charge on any atom is 0.245 e. The largest absolute Gasteiger partial charge is 0.338 e. The van der Waals surface area contributed by atoms with Gasteiger partial charge in [-0.2, -0.15) is 10.1 Å². The fraction of sp³-hybridized carbons (Fsp3) is 0.688. The molecule has 4 rings (SSSR count). The van der Waals surface area contributed by atoms with Gasteiger partial charge in [0.25, 0.3) is 0 Å². The van der Waals surface area contributed by atoms with Gasteiger partial charge in [0.05, 0.1) is 5.69 Å². The molecule has 124 valence electrons. The minimum atomic E-state index is 0.182. The maximum atomic E-state index is 5.56. The highest BCUT2D eigenvalue weighted by Crippen LogP contribution is 2.38. The van der Waals surface area contributed by atoms with E-state index < -0.39 is 0 Å². The SMILES string of the molecule is CCn1nccc1CN1CCN(C)[C@@H](c2nc(C3CC3)no2)C1. The van der Waals surface area contributed by atoms with Crippen LogP contribution in [0.1, 0.15) is 49.1 Å². The highest BCUT2D eigenvalue weighted by atomic mass is 16.5. The maximum absolute atomic E-state index is 5.56. The van der Waals surface area contributed by atoms with Crippen LogP contribution in [-0.4, -0.2) is 56.4 Å². The van der Waals surface area contributed by atoms with E-state index in [1.165, 1.54) is 18.5 Å². The molecular formula is C16H24N6O. The normalized spacial score (nSPS) is 23.5. The third-order valence-electron chi connectivity index (χ3n) is 4.91. The Labute approximate surface area is 136 Å². The second kappa shape index (κ2) is 6.05. The van der Waals surface area contributed by atoms with Crippen molar-refractivity contribution in [2.75, 3.05) is 26.7 Å². The molecule has 1 aliphatic carbocycles. The molecule has 1 aliphatic heterocycles. The third-order valence-corrected chi connectivity index (χ3v) is 4.91. The topological polar surface area (TPSA) is 63.2 Å². The number of rotatable bonds is 5. The van der Waals surface area contributed by atoms with Crippen molar-refractivity contribution in [2.24, 2.45) is 0 Å². The number of hydrogen-bond donors (Lipinski definition) is 0. The highest BCUT2D eigenvalue weighted by Gasteiger charge is 2.33. The zero-order valence-electron chi connectivity index (χ0n) is 13.9. The first-order valence-electron chi connectivity index (χ1n) is 8.51. The number of nitrogens with zero attached hydrogens (tertiary/aromatic N) is 6. The van der Waals surface area contributed by atoms with Gasteiger partial charge in [-0.1, -0.05) is 5.16 Å². The Morgan fingerprint density at radius 1 is 1.30 bits per heavy atom. The van der Waals surface area contributed by atoms with Gasteiger partial charge in [0.15, 0.2) is 5.82 Å². The Bertz CT molecular complexity index is 661. The number of hydrogen-bond acceptors (Lipinski definition) is 6. The van der Waals surface area contributed by atoms with Crippen LogP contribution in [-0.2, 0) is 13.1 Å². The molecule has 0 aromatic carbocycles. The Kier molecular flexibility index (Phi) is 3.90. The summed E-state index contributed by atoms with van der Waals surface area (Å²) in [6, 6.07) is 2.29. The van der Waals surface area contributed by atoms with Crippen LogP contribution < -0.4 is 0 Å². The van der Waals surface area contributed by atoms with Crippen LogP contribution in [0.3, 0.4) is 0 Å². The summed E-state index contributed by atoms with van der Waals surface area (Å²) >= 11 is 0. The smallest absolute Gasteiger partial charge is 0.245 e. The zero-order valence-corrected chi connectivity index (χ0v) is 13.9. The quantitative estimate of drug-likeness (QED) is 0.836. The molecule has 3 heterocycles. The second-order valence-corrected chi connectivity index (χ2v) is 6.63. The average molecular weight is 316 g/mol. The molecule has 2 aromatic rings. The second-order valence-electron chi connectivity index (χ2n) is 6.63. The first-order chi connectivity index (χ1) is 11.2. The van der Waals surface area contributed by atoms with Gasteiger partial charge in [0, 0.05) is 44.8 Å². The lowest BCUT2D eigenvalue weighted by atomic mass is 10.1. The molecular weight excluding hydrogens is 292 g/mol. The first-order valence-corrected chi connectivity index (χ1v) is 8.51. The lowest BCUT2D eigenvalue weighted by molar-refractivity contribution is 0.0699. The predicted molar refractivity (Wildman–Crippen MR) is 84.8 cm³/mol. The van der Waals surface area contributed by atoms with E-state index in [-0.39, 0.29) is 6.04 Å². The minimum absolute atomic E-state index is 0.182. The van der Waals surface area contributed by atoms with Crippen LogP contribution >= 0.6 is 0 Å². The average Bonchev–Trinajstić information content (AvgIpc) is 3.12. The molecule has 23 heavy (non-hydrogen) atoms. The van der Waals surface area contributed by atoms with Crippen LogP contribution in [0.15, 0.2) is 16.8 Å². The van der Waals surface area contributed by atoms with Crippen LogP contribution in [0.4, 0.5) is 0 Å². The van der Waals surface area contributed by atoms with Crippen molar-refractivity contribution in [3.05, 3.63) is 29.7 Å². The lowest BCUT2D eigenvalue weighted by Gasteiger charge is -2.37. The molecule has 1 atom stereocenters. The zero-order chi connectivity index (χ0) is 15.8. The lowest BCUT2D eigenvalue weighted by Crippen LogP contribution is -2.46.